The Hall–Kier alpha value is -1.85. The first-order valence-corrected chi connectivity index (χ1v) is 10.8. The molecule has 2 aliphatic rings. The SMILES string of the molecule is Cc1nn(Cc2ccccc2)c(Cl)c1CN1CCCCC1C(=O)N1CCCC1. The van der Waals surface area contributed by atoms with Crippen LogP contribution in [0.25, 0.3) is 0 Å². The molecule has 28 heavy (non-hydrogen) atoms. The van der Waals surface area contributed by atoms with Gasteiger partial charge in [0.05, 0.1) is 18.3 Å². The van der Waals surface area contributed by atoms with Gasteiger partial charge in [0.25, 0.3) is 0 Å². The van der Waals surface area contributed by atoms with Gasteiger partial charge in [0.1, 0.15) is 5.15 Å². The number of benzene rings is 1. The van der Waals surface area contributed by atoms with Crippen LogP contribution in [0.15, 0.2) is 30.3 Å². The Balaban J connectivity index is 1.51. The summed E-state index contributed by atoms with van der Waals surface area (Å²) < 4.78 is 1.88. The highest BCUT2D eigenvalue weighted by molar-refractivity contribution is 6.30. The van der Waals surface area contributed by atoms with Gasteiger partial charge in [0.15, 0.2) is 0 Å². The van der Waals surface area contributed by atoms with Crippen molar-refractivity contribution in [1.82, 2.24) is 19.6 Å². The summed E-state index contributed by atoms with van der Waals surface area (Å²) in [6.07, 6.45) is 5.48. The van der Waals surface area contributed by atoms with Gasteiger partial charge in [-0.1, -0.05) is 48.4 Å². The van der Waals surface area contributed by atoms with E-state index in [9.17, 15) is 4.79 Å². The van der Waals surface area contributed by atoms with Crippen LogP contribution in [-0.4, -0.2) is 51.2 Å². The molecule has 1 amide bonds. The summed E-state index contributed by atoms with van der Waals surface area (Å²) >= 11 is 6.73. The fourth-order valence-corrected chi connectivity index (χ4v) is 4.74. The molecule has 0 N–H and O–H groups in total. The average molecular weight is 401 g/mol. The molecule has 0 spiro atoms. The zero-order valence-corrected chi connectivity index (χ0v) is 17.4. The second kappa shape index (κ2) is 8.66. The van der Waals surface area contributed by atoms with Gasteiger partial charge in [-0.2, -0.15) is 5.10 Å². The highest BCUT2D eigenvalue weighted by atomic mass is 35.5. The largest absolute Gasteiger partial charge is 0.341 e. The molecule has 150 valence electrons. The van der Waals surface area contributed by atoms with E-state index in [0.717, 1.165) is 63.0 Å². The Bertz CT molecular complexity index is 813. The van der Waals surface area contributed by atoms with E-state index in [-0.39, 0.29) is 6.04 Å². The van der Waals surface area contributed by atoms with Crippen molar-refractivity contribution in [2.24, 2.45) is 0 Å². The number of likely N-dealkylation sites (tertiary alicyclic amines) is 2. The van der Waals surface area contributed by atoms with E-state index in [1.165, 1.54) is 5.56 Å². The zero-order valence-electron chi connectivity index (χ0n) is 16.6. The van der Waals surface area contributed by atoms with Crippen LogP contribution >= 0.6 is 11.6 Å². The second-order valence-corrected chi connectivity index (χ2v) is 8.37. The van der Waals surface area contributed by atoms with Crippen molar-refractivity contribution >= 4 is 17.5 Å². The van der Waals surface area contributed by atoms with Crippen LogP contribution in [0.5, 0.6) is 0 Å². The molecule has 0 radical (unpaired) electrons. The van der Waals surface area contributed by atoms with Crippen molar-refractivity contribution in [3.05, 3.63) is 52.3 Å². The molecule has 1 aromatic heterocycles. The number of rotatable bonds is 5. The van der Waals surface area contributed by atoms with Crippen LogP contribution in [0.1, 0.15) is 48.9 Å². The predicted molar refractivity (Wildman–Crippen MR) is 111 cm³/mol. The summed E-state index contributed by atoms with van der Waals surface area (Å²) in [7, 11) is 0. The third-order valence-corrected chi connectivity index (χ3v) is 6.46. The summed E-state index contributed by atoms with van der Waals surface area (Å²) in [5.41, 5.74) is 3.19. The maximum Gasteiger partial charge on any atom is 0.239 e. The van der Waals surface area contributed by atoms with Gasteiger partial charge in [-0.15, -0.1) is 0 Å². The first kappa shape index (κ1) is 19.5. The predicted octanol–water partition coefficient (Wildman–Crippen LogP) is 3.87. The maximum atomic E-state index is 13.0. The second-order valence-electron chi connectivity index (χ2n) is 8.01. The van der Waals surface area contributed by atoms with Gasteiger partial charge in [0.2, 0.25) is 5.91 Å². The summed E-state index contributed by atoms with van der Waals surface area (Å²) in [6.45, 7) is 6.16. The van der Waals surface area contributed by atoms with E-state index < -0.39 is 0 Å². The lowest BCUT2D eigenvalue weighted by Gasteiger charge is -2.36. The molecule has 0 bridgehead atoms. The van der Waals surface area contributed by atoms with E-state index >= 15 is 0 Å². The van der Waals surface area contributed by atoms with Crippen molar-refractivity contribution in [3.63, 3.8) is 0 Å². The van der Waals surface area contributed by atoms with Crippen molar-refractivity contribution < 1.29 is 4.79 Å². The molecule has 1 unspecified atom stereocenters. The number of nitrogens with zero attached hydrogens (tertiary/aromatic N) is 4. The lowest BCUT2D eigenvalue weighted by molar-refractivity contribution is -0.137. The van der Waals surface area contributed by atoms with E-state index in [1.807, 2.05) is 29.8 Å². The van der Waals surface area contributed by atoms with Crippen molar-refractivity contribution in [1.29, 1.82) is 0 Å². The lowest BCUT2D eigenvalue weighted by atomic mass is 10.00. The third-order valence-electron chi connectivity index (χ3n) is 6.04. The molecule has 0 aliphatic carbocycles. The Morgan fingerprint density at radius 2 is 1.79 bits per heavy atom. The summed E-state index contributed by atoms with van der Waals surface area (Å²) in [5, 5.41) is 5.37. The van der Waals surface area contributed by atoms with E-state index in [4.69, 9.17) is 11.6 Å². The number of carbonyl (C=O) groups is 1. The fraction of sp³-hybridized carbons (Fsp3) is 0.545. The van der Waals surface area contributed by atoms with Crippen molar-refractivity contribution in [2.75, 3.05) is 19.6 Å². The molecule has 4 rings (SSSR count). The van der Waals surface area contributed by atoms with Crippen molar-refractivity contribution in [3.8, 4) is 0 Å². The fourth-order valence-electron chi connectivity index (χ4n) is 4.44. The molecule has 6 heteroatoms. The maximum absolute atomic E-state index is 13.0. The normalized spacial score (nSPS) is 20.6. The van der Waals surface area contributed by atoms with E-state index in [1.54, 1.807) is 0 Å². The number of hydrogen-bond acceptors (Lipinski definition) is 3. The highest BCUT2D eigenvalue weighted by Crippen LogP contribution is 2.27. The van der Waals surface area contributed by atoms with Crippen LogP contribution in [0.4, 0.5) is 0 Å². The van der Waals surface area contributed by atoms with Gasteiger partial charge in [-0.05, 0) is 44.7 Å². The number of amides is 1. The Labute approximate surface area is 172 Å². The first-order chi connectivity index (χ1) is 13.6. The van der Waals surface area contributed by atoms with Crippen molar-refractivity contribution in [2.45, 2.75) is 58.2 Å². The lowest BCUT2D eigenvalue weighted by Crippen LogP contribution is -2.49. The third kappa shape index (κ3) is 4.11. The zero-order chi connectivity index (χ0) is 19.5. The number of aromatic nitrogens is 2. The van der Waals surface area contributed by atoms with Crippen LogP contribution in [-0.2, 0) is 17.9 Å². The van der Waals surface area contributed by atoms with Crippen LogP contribution in [0.2, 0.25) is 5.15 Å². The first-order valence-electron chi connectivity index (χ1n) is 10.4. The standard InChI is InChI=1S/C22H29ClN4O/c1-17-19(21(23)27(24-17)15-18-9-3-2-4-10-18)16-26-14-6-5-11-20(26)22(28)25-12-7-8-13-25/h2-4,9-10,20H,5-8,11-16H2,1H3. The molecule has 1 aromatic carbocycles. The van der Waals surface area contributed by atoms with E-state index in [2.05, 4.69) is 27.0 Å². The number of halogens is 1. The van der Waals surface area contributed by atoms with E-state index in [0.29, 0.717) is 24.1 Å². The smallest absolute Gasteiger partial charge is 0.239 e. The molecule has 2 aromatic rings. The molecule has 2 saturated heterocycles. The minimum absolute atomic E-state index is 0.0141. The summed E-state index contributed by atoms with van der Waals surface area (Å²) in [6, 6.07) is 10.2. The highest BCUT2D eigenvalue weighted by Gasteiger charge is 2.33. The van der Waals surface area contributed by atoms with Gasteiger partial charge in [0, 0.05) is 25.2 Å². The monoisotopic (exact) mass is 400 g/mol. The van der Waals surface area contributed by atoms with Crippen LogP contribution in [0, 0.1) is 6.92 Å². The van der Waals surface area contributed by atoms with Gasteiger partial charge in [-0.25, -0.2) is 4.68 Å². The number of piperidine rings is 1. The quantitative estimate of drug-likeness (QED) is 0.765. The topological polar surface area (TPSA) is 41.4 Å². The molecule has 1 atom stereocenters. The minimum atomic E-state index is -0.0141. The van der Waals surface area contributed by atoms with Crippen LogP contribution in [0.3, 0.4) is 0 Å². The minimum Gasteiger partial charge on any atom is -0.341 e. The average Bonchev–Trinajstić information content (AvgIpc) is 3.34. The summed E-state index contributed by atoms with van der Waals surface area (Å²) in [4.78, 5) is 17.4. The molecule has 2 fully saturated rings. The molecule has 2 aliphatic heterocycles. The Kier molecular flexibility index (Phi) is 6.02. The number of carbonyl (C=O) groups excluding carboxylic acids is 1. The Morgan fingerprint density at radius 1 is 1.07 bits per heavy atom. The molecule has 5 nitrogen and oxygen atoms in total. The Morgan fingerprint density at radius 3 is 2.54 bits per heavy atom. The number of hydrogen-bond donors (Lipinski definition) is 0. The number of aryl methyl sites for hydroxylation is 1. The van der Waals surface area contributed by atoms with Gasteiger partial charge in [-0.3, -0.25) is 9.69 Å². The molecular formula is C22H29ClN4O. The molecule has 3 heterocycles. The van der Waals surface area contributed by atoms with Crippen LogP contribution < -0.4 is 0 Å². The van der Waals surface area contributed by atoms with Gasteiger partial charge < -0.3 is 4.90 Å². The molecule has 0 saturated carbocycles. The molecular weight excluding hydrogens is 372 g/mol. The van der Waals surface area contributed by atoms with Gasteiger partial charge >= 0.3 is 0 Å². The summed E-state index contributed by atoms with van der Waals surface area (Å²) in [5.74, 6) is 0.308.